The Bertz CT molecular complexity index is 178. The van der Waals surface area contributed by atoms with E-state index in [0.29, 0.717) is 0 Å². The van der Waals surface area contributed by atoms with Crippen molar-refractivity contribution in [3.8, 4) is 0 Å². The van der Waals surface area contributed by atoms with Crippen LogP contribution in [0.4, 0.5) is 0 Å². The first-order valence-corrected chi connectivity index (χ1v) is 3.75. The summed E-state index contributed by atoms with van der Waals surface area (Å²) in [7, 11) is 0. The van der Waals surface area contributed by atoms with E-state index in [9.17, 15) is 9.90 Å². The summed E-state index contributed by atoms with van der Waals surface area (Å²) in [5.74, 6) is 0. The van der Waals surface area contributed by atoms with Crippen LogP contribution >= 0.6 is 0 Å². The van der Waals surface area contributed by atoms with Gasteiger partial charge < -0.3 is 24.8 Å². The maximum absolute atomic E-state index is 9.83. The summed E-state index contributed by atoms with van der Waals surface area (Å²) in [5.41, 5.74) is 0. The van der Waals surface area contributed by atoms with E-state index in [1.165, 1.54) is 0 Å². The van der Waals surface area contributed by atoms with E-state index in [1.807, 2.05) is 0 Å². The zero-order valence-corrected chi connectivity index (χ0v) is 10.2. The quantitative estimate of drug-likeness (QED) is 0.401. The number of carbonyl (C=O) groups excluding carboxylic acids is 1. The maximum Gasteiger partial charge on any atom is 0.293 e. The molecule has 0 aliphatic carbocycles. The van der Waals surface area contributed by atoms with Crippen molar-refractivity contribution in [1.29, 1.82) is 0 Å². The third kappa shape index (κ3) is 3.88. The fourth-order valence-electron chi connectivity index (χ4n) is 1.08. The van der Waals surface area contributed by atoms with Gasteiger partial charge in [-0.05, 0) is 6.10 Å². The zero-order chi connectivity index (χ0) is 9.84. The van der Waals surface area contributed by atoms with E-state index in [2.05, 4.69) is 4.74 Å². The van der Waals surface area contributed by atoms with Gasteiger partial charge >= 0.3 is 0 Å². The molecule has 1 radical (unpaired) electrons. The van der Waals surface area contributed by atoms with Crippen molar-refractivity contribution < 1.29 is 62.3 Å². The molecule has 7 heteroatoms. The molecule has 0 saturated carbocycles. The largest absolute Gasteiger partial charge is 0.465 e. The predicted molar refractivity (Wildman–Crippen MR) is 39.2 cm³/mol. The molecular formula is C7H11O6Y-. The van der Waals surface area contributed by atoms with Crippen LogP contribution in [0.3, 0.4) is 0 Å². The molecule has 1 unspecified atom stereocenters. The SMILES string of the molecule is O=COCC1O[C@@H](O)[CH-][C@@H](O)[C@H]1O.[Y]. The molecule has 14 heavy (non-hydrogen) atoms. The molecule has 0 aromatic carbocycles. The van der Waals surface area contributed by atoms with Crippen LogP contribution in [0.2, 0.25) is 0 Å². The second-order valence-corrected chi connectivity index (χ2v) is 2.67. The molecule has 1 fully saturated rings. The number of aliphatic hydroxyl groups is 3. The summed E-state index contributed by atoms with van der Waals surface area (Å²) in [4.78, 5) is 9.83. The smallest absolute Gasteiger partial charge is 0.293 e. The number of hydrogen-bond donors (Lipinski definition) is 3. The molecule has 0 bridgehead atoms. The van der Waals surface area contributed by atoms with Crippen molar-refractivity contribution in [1.82, 2.24) is 0 Å². The van der Waals surface area contributed by atoms with Crippen LogP contribution in [0, 0.1) is 6.42 Å². The molecule has 1 rings (SSSR count). The number of ether oxygens (including phenoxy) is 2. The summed E-state index contributed by atoms with van der Waals surface area (Å²) in [6.45, 7) is -0.000210. The van der Waals surface area contributed by atoms with Crippen molar-refractivity contribution >= 4 is 6.47 Å². The van der Waals surface area contributed by atoms with Crippen LogP contribution in [-0.4, -0.2) is 53.0 Å². The van der Waals surface area contributed by atoms with Gasteiger partial charge in [-0.25, -0.2) is 6.42 Å². The van der Waals surface area contributed by atoms with E-state index < -0.39 is 24.6 Å². The van der Waals surface area contributed by atoms with Crippen LogP contribution in [-0.2, 0) is 47.0 Å². The summed E-state index contributed by atoms with van der Waals surface area (Å²) >= 11 is 0. The Kier molecular flexibility index (Phi) is 7.02. The van der Waals surface area contributed by atoms with Gasteiger partial charge in [-0.15, -0.1) is 0 Å². The molecule has 1 heterocycles. The first kappa shape index (κ1) is 14.4. The predicted octanol–water partition coefficient (Wildman–Crippen LogP) is -2.20. The number of hydrogen-bond acceptors (Lipinski definition) is 6. The second kappa shape index (κ2) is 6.82. The number of aliphatic hydroxyl groups excluding tert-OH is 3. The normalized spacial score (nSPS) is 37.1. The number of rotatable bonds is 3. The Hall–Kier alpha value is 0.414. The van der Waals surface area contributed by atoms with Gasteiger partial charge in [-0.2, -0.15) is 0 Å². The van der Waals surface area contributed by atoms with Crippen molar-refractivity contribution in [2.75, 3.05) is 6.61 Å². The standard InChI is InChI=1S/C7H11O6.Y/c8-3-12-2-5-7(11)4(9)1-6(10)13-5;/h1,3-7,9-11H,2H2;/q-1;/t4-,5?,6-,7-;/m1./s1. The Morgan fingerprint density at radius 3 is 2.64 bits per heavy atom. The Morgan fingerprint density at radius 1 is 1.43 bits per heavy atom. The fraction of sp³-hybridized carbons (Fsp3) is 0.714. The van der Waals surface area contributed by atoms with Gasteiger partial charge in [0.1, 0.15) is 12.7 Å². The van der Waals surface area contributed by atoms with E-state index in [1.54, 1.807) is 0 Å². The summed E-state index contributed by atoms with van der Waals surface area (Å²) < 4.78 is 9.12. The molecule has 3 N–H and O–H groups in total. The van der Waals surface area contributed by atoms with E-state index in [0.717, 1.165) is 6.42 Å². The Labute approximate surface area is 106 Å². The third-order valence-corrected chi connectivity index (χ3v) is 1.74. The molecule has 0 aromatic heterocycles. The van der Waals surface area contributed by atoms with Gasteiger partial charge in [-0.3, -0.25) is 4.79 Å². The van der Waals surface area contributed by atoms with Crippen LogP contribution < -0.4 is 0 Å². The first-order chi connectivity index (χ1) is 6.15. The van der Waals surface area contributed by atoms with Gasteiger partial charge in [0.2, 0.25) is 0 Å². The zero-order valence-electron chi connectivity index (χ0n) is 7.31. The molecule has 0 amide bonds. The van der Waals surface area contributed by atoms with E-state index >= 15 is 0 Å². The molecule has 4 atom stereocenters. The minimum Gasteiger partial charge on any atom is -0.465 e. The van der Waals surface area contributed by atoms with E-state index in [4.69, 9.17) is 14.9 Å². The topological polar surface area (TPSA) is 96.2 Å². The monoisotopic (exact) mass is 280 g/mol. The van der Waals surface area contributed by atoms with Crippen molar-refractivity contribution in [3.05, 3.63) is 6.42 Å². The van der Waals surface area contributed by atoms with Crippen molar-refractivity contribution in [2.24, 2.45) is 0 Å². The molecular weight excluding hydrogens is 269 g/mol. The van der Waals surface area contributed by atoms with Gasteiger partial charge in [0.15, 0.2) is 0 Å². The molecule has 1 aliphatic rings. The van der Waals surface area contributed by atoms with Crippen LogP contribution in [0.15, 0.2) is 0 Å². The molecule has 0 aromatic rings. The first-order valence-electron chi connectivity index (χ1n) is 3.75. The molecule has 1 saturated heterocycles. The fourth-order valence-corrected chi connectivity index (χ4v) is 1.08. The molecule has 6 nitrogen and oxygen atoms in total. The van der Waals surface area contributed by atoms with E-state index in [-0.39, 0.29) is 45.8 Å². The minimum absolute atomic E-state index is 0. The summed E-state index contributed by atoms with van der Waals surface area (Å²) in [6, 6.07) is 0. The van der Waals surface area contributed by atoms with Crippen LogP contribution in [0.1, 0.15) is 0 Å². The molecule has 79 valence electrons. The van der Waals surface area contributed by atoms with Crippen molar-refractivity contribution in [2.45, 2.75) is 24.6 Å². The van der Waals surface area contributed by atoms with Crippen LogP contribution in [0.25, 0.3) is 0 Å². The van der Waals surface area contributed by atoms with Crippen molar-refractivity contribution in [3.63, 3.8) is 0 Å². The summed E-state index contributed by atoms with van der Waals surface area (Å²) in [5, 5.41) is 27.4. The average Bonchev–Trinajstić information content (AvgIpc) is 2.09. The Morgan fingerprint density at radius 2 is 2.07 bits per heavy atom. The Balaban J connectivity index is 0.00000169. The maximum atomic E-state index is 9.83. The second-order valence-electron chi connectivity index (χ2n) is 2.67. The van der Waals surface area contributed by atoms with Gasteiger partial charge in [-0.1, -0.05) is 0 Å². The van der Waals surface area contributed by atoms with Crippen LogP contribution in [0.5, 0.6) is 0 Å². The average molecular weight is 280 g/mol. The van der Waals surface area contributed by atoms with Gasteiger partial charge in [0.25, 0.3) is 6.47 Å². The summed E-state index contributed by atoms with van der Waals surface area (Å²) in [6.07, 6.45) is -3.48. The minimum atomic E-state index is -1.25. The third-order valence-electron chi connectivity index (χ3n) is 1.74. The number of carbonyl (C=O) groups is 1. The molecule has 1 aliphatic heterocycles. The molecule has 0 spiro atoms. The van der Waals surface area contributed by atoms with Gasteiger partial charge in [0.05, 0.1) is 6.10 Å². The van der Waals surface area contributed by atoms with Gasteiger partial charge in [0, 0.05) is 39.0 Å².